The van der Waals surface area contributed by atoms with Gasteiger partial charge in [0.05, 0.1) is 15.7 Å². The van der Waals surface area contributed by atoms with E-state index in [0.29, 0.717) is 38.5 Å². The van der Waals surface area contributed by atoms with E-state index in [1.54, 1.807) is 13.1 Å². The summed E-state index contributed by atoms with van der Waals surface area (Å²) in [5, 5.41) is 4.29. The molecule has 2 heterocycles. The van der Waals surface area contributed by atoms with Crippen LogP contribution in [0, 0.1) is 0 Å². The first-order valence-corrected chi connectivity index (χ1v) is 9.48. The van der Waals surface area contributed by atoms with Crippen molar-refractivity contribution >= 4 is 57.4 Å². The molecule has 0 bridgehead atoms. The zero-order valence-electron chi connectivity index (χ0n) is 14.1. The number of fused-ring (bicyclic) bond motifs is 1. The van der Waals surface area contributed by atoms with Crippen LogP contribution in [0.5, 0.6) is 0 Å². The highest BCUT2D eigenvalue weighted by atomic mass is 35.5. The Kier molecular flexibility index (Phi) is 5.49. The molecule has 7 nitrogen and oxygen atoms in total. The number of para-hydroxylation sites is 1. The molecule has 0 spiro atoms. The lowest BCUT2D eigenvalue weighted by Crippen LogP contribution is -2.36. The summed E-state index contributed by atoms with van der Waals surface area (Å²) in [6.07, 6.45) is 0.610. The van der Waals surface area contributed by atoms with Crippen LogP contribution in [0.2, 0.25) is 5.02 Å². The van der Waals surface area contributed by atoms with Gasteiger partial charge in [0.15, 0.2) is 16.3 Å². The maximum absolute atomic E-state index is 12.2. The molecular formula is C16H16ClN5O2S2. The number of imidazole rings is 1. The maximum atomic E-state index is 12.2. The van der Waals surface area contributed by atoms with Crippen LogP contribution in [-0.2, 0) is 14.1 Å². The smallest absolute Gasteiger partial charge is 0.332 e. The second-order valence-electron chi connectivity index (χ2n) is 5.57. The molecule has 3 aromatic rings. The molecule has 0 saturated heterocycles. The molecule has 0 aliphatic heterocycles. The largest absolute Gasteiger partial charge is 0.349 e. The molecule has 0 unspecified atom stereocenters. The van der Waals surface area contributed by atoms with E-state index >= 15 is 0 Å². The van der Waals surface area contributed by atoms with Crippen molar-refractivity contribution in [1.29, 1.82) is 0 Å². The van der Waals surface area contributed by atoms with Gasteiger partial charge < -0.3 is 10.3 Å². The highest BCUT2D eigenvalue weighted by Gasteiger charge is 2.13. The van der Waals surface area contributed by atoms with Crippen LogP contribution < -0.4 is 16.6 Å². The average Bonchev–Trinajstić information content (AvgIpc) is 3.04. The number of H-pyrrole nitrogens is 1. The molecular weight excluding hydrogens is 394 g/mol. The van der Waals surface area contributed by atoms with Gasteiger partial charge in [0.25, 0.3) is 5.56 Å². The summed E-state index contributed by atoms with van der Waals surface area (Å²) in [4.78, 5) is 32.1. The molecule has 0 fully saturated rings. The molecule has 2 aromatic heterocycles. The van der Waals surface area contributed by atoms with E-state index in [0.717, 1.165) is 10.3 Å². The summed E-state index contributed by atoms with van der Waals surface area (Å²) in [6, 6.07) is 7.38. The molecule has 3 rings (SSSR count). The van der Waals surface area contributed by atoms with Crippen molar-refractivity contribution in [2.75, 3.05) is 11.1 Å². The average molecular weight is 410 g/mol. The number of thioether (sulfide) groups is 1. The normalized spacial score (nSPS) is 11.0. The van der Waals surface area contributed by atoms with E-state index in [1.165, 1.54) is 23.4 Å². The van der Waals surface area contributed by atoms with E-state index < -0.39 is 11.2 Å². The molecule has 0 amide bonds. The quantitative estimate of drug-likeness (QED) is 0.497. The van der Waals surface area contributed by atoms with Gasteiger partial charge in [-0.2, -0.15) is 0 Å². The van der Waals surface area contributed by atoms with Crippen molar-refractivity contribution in [3.63, 3.8) is 0 Å². The van der Waals surface area contributed by atoms with Crippen molar-refractivity contribution in [1.82, 2.24) is 19.1 Å². The molecule has 26 heavy (non-hydrogen) atoms. The van der Waals surface area contributed by atoms with Gasteiger partial charge in [0.2, 0.25) is 0 Å². The third-order valence-corrected chi connectivity index (χ3v) is 5.30. The number of hydrogen-bond acceptors (Lipinski definition) is 5. The van der Waals surface area contributed by atoms with Crippen molar-refractivity contribution in [2.24, 2.45) is 14.1 Å². The lowest BCUT2D eigenvalue weighted by molar-refractivity contribution is 0.708. The van der Waals surface area contributed by atoms with Gasteiger partial charge in [-0.3, -0.25) is 13.9 Å². The molecule has 0 aliphatic carbocycles. The van der Waals surface area contributed by atoms with Gasteiger partial charge in [-0.25, -0.2) is 9.78 Å². The molecule has 0 radical (unpaired) electrons. The summed E-state index contributed by atoms with van der Waals surface area (Å²) < 4.78 is 2.40. The number of anilines is 1. The number of thiocarbonyl (C=S) groups is 1. The van der Waals surface area contributed by atoms with Crippen molar-refractivity contribution in [3.8, 4) is 0 Å². The summed E-state index contributed by atoms with van der Waals surface area (Å²) in [5.74, 6) is 0.657. The lowest BCUT2D eigenvalue weighted by atomic mass is 10.3. The SMILES string of the molecule is Cn1c(=O)c2[nH]c(SCCC(=S)Nc3ccccc3Cl)nc2n(C)c1=O. The summed E-state index contributed by atoms with van der Waals surface area (Å²) in [6.45, 7) is 0. The van der Waals surface area contributed by atoms with Crippen LogP contribution in [0.15, 0.2) is 39.0 Å². The van der Waals surface area contributed by atoms with E-state index in [9.17, 15) is 9.59 Å². The molecule has 1 aromatic carbocycles. The number of aromatic nitrogens is 4. The van der Waals surface area contributed by atoms with Crippen LogP contribution in [0.3, 0.4) is 0 Å². The summed E-state index contributed by atoms with van der Waals surface area (Å²) in [7, 11) is 3.03. The standard InChI is InChI=1S/C16H16ClN5O2S2/c1-21-13-12(14(23)22(2)16(21)24)19-15(20-13)26-8-7-11(25)18-10-6-4-3-5-9(10)17/h3-6H,7-8H2,1-2H3,(H,18,25)(H,19,20). The van der Waals surface area contributed by atoms with Gasteiger partial charge in [0.1, 0.15) is 0 Å². The first-order valence-electron chi connectivity index (χ1n) is 7.71. The molecule has 136 valence electrons. The monoisotopic (exact) mass is 409 g/mol. The van der Waals surface area contributed by atoms with Crippen LogP contribution in [-0.4, -0.2) is 29.8 Å². The zero-order chi connectivity index (χ0) is 18.8. The van der Waals surface area contributed by atoms with Gasteiger partial charge in [-0.15, -0.1) is 0 Å². The van der Waals surface area contributed by atoms with Crippen LogP contribution in [0.4, 0.5) is 5.69 Å². The molecule has 2 N–H and O–H groups in total. The maximum Gasteiger partial charge on any atom is 0.332 e. The number of hydrogen-bond donors (Lipinski definition) is 2. The lowest BCUT2D eigenvalue weighted by Gasteiger charge is -2.08. The summed E-state index contributed by atoms with van der Waals surface area (Å²) in [5.41, 5.74) is 0.631. The fraction of sp³-hybridized carbons (Fsp3) is 0.250. The molecule has 0 aliphatic rings. The fourth-order valence-electron chi connectivity index (χ4n) is 2.39. The highest BCUT2D eigenvalue weighted by molar-refractivity contribution is 7.99. The Morgan fingerprint density at radius 1 is 1.31 bits per heavy atom. The predicted molar refractivity (Wildman–Crippen MR) is 110 cm³/mol. The highest BCUT2D eigenvalue weighted by Crippen LogP contribution is 2.22. The Morgan fingerprint density at radius 3 is 2.77 bits per heavy atom. The van der Waals surface area contributed by atoms with Crippen LogP contribution in [0.25, 0.3) is 11.2 Å². The second kappa shape index (κ2) is 7.65. The van der Waals surface area contributed by atoms with Gasteiger partial charge >= 0.3 is 5.69 Å². The minimum Gasteiger partial charge on any atom is -0.349 e. The van der Waals surface area contributed by atoms with Crippen molar-refractivity contribution in [2.45, 2.75) is 11.6 Å². The molecule has 0 atom stereocenters. The first kappa shape index (κ1) is 18.7. The number of nitrogens with one attached hydrogen (secondary N) is 2. The number of nitrogens with zero attached hydrogens (tertiary/aromatic N) is 3. The van der Waals surface area contributed by atoms with Gasteiger partial charge in [0, 0.05) is 26.3 Å². The van der Waals surface area contributed by atoms with E-state index in [4.69, 9.17) is 23.8 Å². The number of aromatic amines is 1. The Labute approximate surface area is 163 Å². The van der Waals surface area contributed by atoms with Crippen molar-refractivity contribution < 1.29 is 0 Å². The number of aryl methyl sites for hydroxylation is 1. The first-order chi connectivity index (χ1) is 12.4. The summed E-state index contributed by atoms with van der Waals surface area (Å²) >= 11 is 12.9. The van der Waals surface area contributed by atoms with E-state index in [-0.39, 0.29) is 0 Å². The Morgan fingerprint density at radius 2 is 2.04 bits per heavy atom. The van der Waals surface area contributed by atoms with E-state index in [2.05, 4.69) is 15.3 Å². The topological polar surface area (TPSA) is 84.7 Å². The zero-order valence-corrected chi connectivity index (χ0v) is 16.5. The van der Waals surface area contributed by atoms with Gasteiger partial charge in [-0.05, 0) is 12.1 Å². The Balaban J connectivity index is 1.67. The molecule has 0 saturated carbocycles. The Hall–Kier alpha value is -2.10. The minimum atomic E-state index is -0.407. The minimum absolute atomic E-state index is 0.314. The van der Waals surface area contributed by atoms with Crippen LogP contribution >= 0.6 is 35.6 Å². The predicted octanol–water partition coefficient (Wildman–Crippen LogP) is 2.54. The van der Waals surface area contributed by atoms with Crippen molar-refractivity contribution in [3.05, 3.63) is 50.1 Å². The number of rotatable bonds is 5. The third-order valence-electron chi connectivity index (χ3n) is 3.79. The molecule has 10 heteroatoms. The second-order valence-corrected chi connectivity index (χ2v) is 7.56. The third kappa shape index (κ3) is 3.69. The van der Waals surface area contributed by atoms with Crippen LogP contribution in [0.1, 0.15) is 6.42 Å². The number of halogens is 1. The Bertz CT molecular complexity index is 1100. The van der Waals surface area contributed by atoms with E-state index in [1.807, 2.05) is 18.2 Å². The van der Waals surface area contributed by atoms with Gasteiger partial charge in [-0.1, -0.05) is 47.7 Å². The number of benzene rings is 1. The fourth-order valence-corrected chi connectivity index (χ4v) is 3.74.